The van der Waals surface area contributed by atoms with Crippen molar-refractivity contribution in [3.63, 3.8) is 0 Å². The molecule has 130 valence electrons. The zero-order valence-electron chi connectivity index (χ0n) is 12.8. The molecular formula is C14H22Cl2N4O3. The summed E-state index contributed by atoms with van der Waals surface area (Å²) < 4.78 is 4.95. The van der Waals surface area contributed by atoms with Crippen LogP contribution in [0.15, 0.2) is 12.3 Å². The van der Waals surface area contributed by atoms with Gasteiger partial charge in [0, 0.05) is 12.5 Å². The Morgan fingerprint density at radius 2 is 2.09 bits per heavy atom. The third-order valence-electron chi connectivity index (χ3n) is 3.76. The Morgan fingerprint density at radius 3 is 2.61 bits per heavy atom. The minimum absolute atomic E-state index is 0. The van der Waals surface area contributed by atoms with Crippen LogP contribution in [0, 0.1) is 5.92 Å². The number of carbonyl (C=O) groups excluding carboxylic acids is 2. The van der Waals surface area contributed by atoms with Gasteiger partial charge in [-0.1, -0.05) is 6.42 Å². The first-order valence-electron chi connectivity index (χ1n) is 6.90. The molecule has 23 heavy (non-hydrogen) atoms. The zero-order valence-corrected chi connectivity index (χ0v) is 14.4. The van der Waals surface area contributed by atoms with Crippen LogP contribution in [0.5, 0.6) is 5.88 Å². The molecule has 2 rings (SSSR count). The molecule has 9 heteroatoms. The minimum atomic E-state index is -0.659. The van der Waals surface area contributed by atoms with E-state index in [0.717, 1.165) is 19.3 Å². The normalized spacial score (nSPS) is 19.2. The van der Waals surface area contributed by atoms with Crippen LogP contribution < -0.4 is 21.5 Å². The van der Waals surface area contributed by atoms with Crippen LogP contribution in [-0.2, 0) is 4.79 Å². The number of hydrogen-bond donors (Lipinski definition) is 3. The molecule has 1 heterocycles. The van der Waals surface area contributed by atoms with E-state index in [9.17, 15) is 9.59 Å². The Kier molecular flexibility index (Phi) is 8.89. The van der Waals surface area contributed by atoms with E-state index in [1.54, 1.807) is 0 Å². The largest absolute Gasteiger partial charge is 0.480 e. The molecule has 0 aliphatic heterocycles. The number of halogens is 2. The van der Waals surface area contributed by atoms with Gasteiger partial charge in [0.15, 0.2) is 0 Å². The van der Waals surface area contributed by atoms with Crippen molar-refractivity contribution in [1.82, 2.24) is 4.98 Å². The first kappa shape index (κ1) is 21.4. The van der Waals surface area contributed by atoms with Gasteiger partial charge in [-0.2, -0.15) is 0 Å². The first-order valence-corrected chi connectivity index (χ1v) is 6.90. The number of aromatic nitrogens is 1. The van der Waals surface area contributed by atoms with Crippen molar-refractivity contribution in [2.24, 2.45) is 17.4 Å². The topological polar surface area (TPSA) is 120 Å². The van der Waals surface area contributed by atoms with Crippen molar-refractivity contribution < 1.29 is 14.3 Å². The number of hydrogen-bond acceptors (Lipinski definition) is 5. The summed E-state index contributed by atoms with van der Waals surface area (Å²) in [6.07, 6.45) is 4.81. The third-order valence-corrected chi connectivity index (χ3v) is 3.76. The highest BCUT2D eigenvalue weighted by molar-refractivity contribution is 5.97. The lowest BCUT2D eigenvalue weighted by Gasteiger charge is -2.15. The number of methoxy groups -OCH3 is 1. The standard InChI is InChI=1S/C14H20N4O3.2ClH/c1-21-14-10(13(16)20)6-9(7-17-14)18-12(19)5-8-3-2-4-11(8)15;;/h6-8,11H,2-5,15H2,1H3,(H2,16,20)(H,18,19);2*1H/t8-,11+;;/m0../s1. The number of rotatable bonds is 5. The molecule has 0 saturated heterocycles. The first-order chi connectivity index (χ1) is 10.0. The molecule has 0 aromatic carbocycles. The number of carbonyl (C=O) groups is 2. The average molecular weight is 365 g/mol. The number of nitrogens with one attached hydrogen (secondary N) is 1. The highest BCUT2D eigenvalue weighted by atomic mass is 35.5. The van der Waals surface area contributed by atoms with Crippen molar-refractivity contribution in [2.45, 2.75) is 31.7 Å². The Morgan fingerprint density at radius 1 is 1.39 bits per heavy atom. The number of primary amides is 1. The Balaban J connectivity index is 0.00000242. The van der Waals surface area contributed by atoms with Crippen LogP contribution in [0.3, 0.4) is 0 Å². The fraction of sp³-hybridized carbons (Fsp3) is 0.500. The number of ether oxygens (including phenoxy) is 1. The molecule has 1 fully saturated rings. The van der Waals surface area contributed by atoms with Gasteiger partial charge in [-0.25, -0.2) is 4.98 Å². The van der Waals surface area contributed by atoms with Crippen molar-refractivity contribution >= 4 is 42.3 Å². The van der Waals surface area contributed by atoms with Gasteiger partial charge in [-0.05, 0) is 24.8 Å². The zero-order chi connectivity index (χ0) is 15.4. The van der Waals surface area contributed by atoms with Gasteiger partial charge in [0.2, 0.25) is 11.8 Å². The summed E-state index contributed by atoms with van der Waals surface area (Å²) in [5.74, 6) is -0.446. The number of anilines is 1. The fourth-order valence-corrected chi connectivity index (χ4v) is 2.63. The average Bonchev–Trinajstić information content (AvgIpc) is 2.84. The number of amides is 2. The van der Waals surface area contributed by atoms with Gasteiger partial charge < -0.3 is 21.5 Å². The molecule has 1 aromatic rings. The highest BCUT2D eigenvalue weighted by Gasteiger charge is 2.26. The van der Waals surface area contributed by atoms with Crippen LogP contribution in [0.4, 0.5) is 5.69 Å². The molecule has 2 atom stereocenters. The van der Waals surface area contributed by atoms with Gasteiger partial charge in [-0.15, -0.1) is 24.8 Å². The van der Waals surface area contributed by atoms with E-state index < -0.39 is 5.91 Å². The summed E-state index contributed by atoms with van der Waals surface area (Å²) >= 11 is 0. The van der Waals surface area contributed by atoms with E-state index in [1.165, 1.54) is 19.4 Å². The second kappa shape index (κ2) is 9.54. The second-order valence-corrected chi connectivity index (χ2v) is 5.25. The summed E-state index contributed by atoms with van der Waals surface area (Å²) in [6, 6.07) is 1.55. The Hall–Kier alpha value is -1.57. The predicted octanol–water partition coefficient (Wildman–Crippen LogP) is 1.49. The van der Waals surface area contributed by atoms with E-state index >= 15 is 0 Å². The predicted molar refractivity (Wildman–Crippen MR) is 92.4 cm³/mol. The maximum absolute atomic E-state index is 12.0. The Labute approximate surface area is 147 Å². The summed E-state index contributed by atoms with van der Waals surface area (Å²) in [6.45, 7) is 0. The molecular weight excluding hydrogens is 343 g/mol. The van der Waals surface area contributed by atoms with E-state index in [1.807, 2.05) is 0 Å². The quantitative estimate of drug-likeness (QED) is 0.730. The van der Waals surface area contributed by atoms with Crippen LogP contribution in [0.1, 0.15) is 36.0 Å². The number of nitrogens with zero attached hydrogens (tertiary/aromatic N) is 1. The van der Waals surface area contributed by atoms with Crippen molar-refractivity contribution in [1.29, 1.82) is 0 Å². The van der Waals surface area contributed by atoms with Crippen LogP contribution >= 0.6 is 24.8 Å². The van der Waals surface area contributed by atoms with Crippen molar-refractivity contribution in [2.75, 3.05) is 12.4 Å². The molecule has 0 bridgehead atoms. The monoisotopic (exact) mass is 364 g/mol. The summed E-state index contributed by atoms with van der Waals surface area (Å²) in [5.41, 5.74) is 11.8. The highest BCUT2D eigenvalue weighted by Crippen LogP contribution is 2.27. The summed E-state index contributed by atoms with van der Waals surface area (Å²) in [7, 11) is 1.40. The molecule has 0 radical (unpaired) electrons. The molecule has 0 unspecified atom stereocenters. The lowest BCUT2D eigenvalue weighted by Crippen LogP contribution is -2.28. The third kappa shape index (κ3) is 5.53. The molecule has 1 saturated carbocycles. The van der Waals surface area contributed by atoms with Gasteiger partial charge in [-0.3, -0.25) is 9.59 Å². The minimum Gasteiger partial charge on any atom is -0.480 e. The summed E-state index contributed by atoms with van der Waals surface area (Å²) in [4.78, 5) is 27.3. The molecule has 1 aromatic heterocycles. The fourth-order valence-electron chi connectivity index (χ4n) is 2.63. The SMILES string of the molecule is COc1ncc(NC(=O)C[C@@H]2CCC[C@H]2N)cc1C(N)=O.Cl.Cl. The van der Waals surface area contributed by atoms with Crippen LogP contribution in [0.2, 0.25) is 0 Å². The second-order valence-electron chi connectivity index (χ2n) is 5.25. The maximum Gasteiger partial charge on any atom is 0.254 e. The van der Waals surface area contributed by atoms with Crippen LogP contribution in [0.25, 0.3) is 0 Å². The number of pyridine rings is 1. The molecule has 0 spiro atoms. The van der Waals surface area contributed by atoms with Crippen molar-refractivity contribution in [3.8, 4) is 5.88 Å². The van der Waals surface area contributed by atoms with Crippen molar-refractivity contribution in [3.05, 3.63) is 17.8 Å². The Bertz CT molecular complexity index is 557. The molecule has 2 amide bonds. The molecule has 5 N–H and O–H groups in total. The van der Waals surface area contributed by atoms with Gasteiger partial charge in [0.1, 0.15) is 5.56 Å². The van der Waals surface area contributed by atoms with Crippen LogP contribution in [-0.4, -0.2) is 29.9 Å². The smallest absolute Gasteiger partial charge is 0.254 e. The molecule has 1 aliphatic carbocycles. The van der Waals surface area contributed by atoms with E-state index in [-0.39, 0.29) is 54.1 Å². The van der Waals surface area contributed by atoms with E-state index in [4.69, 9.17) is 16.2 Å². The van der Waals surface area contributed by atoms with Gasteiger partial charge >= 0.3 is 0 Å². The molecule has 1 aliphatic rings. The van der Waals surface area contributed by atoms with Gasteiger partial charge in [0.05, 0.1) is 19.0 Å². The number of nitrogens with two attached hydrogens (primary N) is 2. The maximum atomic E-state index is 12.0. The summed E-state index contributed by atoms with van der Waals surface area (Å²) in [5, 5.41) is 2.72. The lowest BCUT2D eigenvalue weighted by atomic mass is 10.00. The van der Waals surface area contributed by atoms with E-state index in [0.29, 0.717) is 12.1 Å². The lowest BCUT2D eigenvalue weighted by molar-refractivity contribution is -0.117. The van der Waals surface area contributed by atoms with Gasteiger partial charge in [0.25, 0.3) is 5.91 Å². The van der Waals surface area contributed by atoms with E-state index in [2.05, 4.69) is 10.3 Å². The molecule has 7 nitrogen and oxygen atoms in total.